The van der Waals surface area contributed by atoms with Gasteiger partial charge in [0.15, 0.2) is 0 Å². The molecule has 0 radical (unpaired) electrons. The highest BCUT2D eigenvalue weighted by molar-refractivity contribution is 7.09. The molecule has 2 N–H and O–H groups in total. The zero-order chi connectivity index (χ0) is 13.0. The minimum Gasteiger partial charge on any atom is -0.506 e. The molecule has 0 aliphatic rings. The minimum atomic E-state index is -0.245. The molecule has 0 unspecified atom stereocenters. The first kappa shape index (κ1) is 12.5. The fourth-order valence-corrected chi connectivity index (χ4v) is 2.13. The first-order valence-electron chi connectivity index (χ1n) is 5.48. The summed E-state index contributed by atoms with van der Waals surface area (Å²) >= 11 is 1.59. The fraction of sp³-hybridized carbons (Fsp3) is 0.250. The van der Waals surface area contributed by atoms with E-state index in [-0.39, 0.29) is 11.7 Å². The highest BCUT2D eigenvalue weighted by Gasteiger charge is 2.06. The lowest BCUT2D eigenvalue weighted by Crippen LogP contribution is -2.25. The van der Waals surface area contributed by atoms with Crippen LogP contribution in [0.2, 0.25) is 0 Å². The Kier molecular flexibility index (Phi) is 3.88. The molecule has 0 saturated heterocycles. The second-order valence-electron chi connectivity index (χ2n) is 3.80. The molecule has 2 aromatic heterocycles. The van der Waals surface area contributed by atoms with Crippen molar-refractivity contribution >= 4 is 17.2 Å². The molecule has 18 heavy (non-hydrogen) atoms. The van der Waals surface area contributed by atoms with E-state index in [1.54, 1.807) is 11.3 Å². The molecule has 0 saturated carbocycles. The summed E-state index contributed by atoms with van der Waals surface area (Å²) in [5.41, 5.74) is 1.33. The Bertz CT molecular complexity index is 554. The van der Waals surface area contributed by atoms with Gasteiger partial charge in [0.25, 0.3) is 5.91 Å². The maximum Gasteiger partial charge on any atom is 0.252 e. The van der Waals surface area contributed by atoms with Crippen molar-refractivity contribution in [1.82, 2.24) is 15.3 Å². The van der Waals surface area contributed by atoms with Gasteiger partial charge in [-0.15, -0.1) is 11.3 Å². The van der Waals surface area contributed by atoms with E-state index < -0.39 is 0 Å². The maximum atomic E-state index is 11.7. The smallest absolute Gasteiger partial charge is 0.252 e. The summed E-state index contributed by atoms with van der Waals surface area (Å²) in [6.45, 7) is 2.46. The number of pyridine rings is 1. The topological polar surface area (TPSA) is 75.1 Å². The van der Waals surface area contributed by atoms with Crippen molar-refractivity contribution in [3.8, 4) is 5.75 Å². The second kappa shape index (κ2) is 5.59. The van der Waals surface area contributed by atoms with E-state index in [1.165, 1.54) is 18.5 Å². The van der Waals surface area contributed by atoms with Crippen LogP contribution >= 0.6 is 11.3 Å². The Hall–Kier alpha value is -1.95. The lowest BCUT2D eigenvalue weighted by atomic mass is 10.2. The first-order chi connectivity index (χ1) is 8.65. The average Bonchev–Trinajstić information content (AvgIpc) is 2.75. The number of amides is 1. The lowest BCUT2D eigenvalue weighted by molar-refractivity contribution is 0.0953. The number of nitrogens with one attached hydrogen (secondary N) is 1. The molecule has 0 aliphatic heterocycles. The molecule has 2 heterocycles. The molecule has 5 nitrogen and oxygen atoms in total. The van der Waals surface area contributed by atoms with Crippen molar-refractivity contribution in [1.29, 1.82) is 0 Å². The molecule has 6 heteroatoms. The number of carbonyl (C=O) groups excluding carboxylic acids is 1. The number of aromatic nitrogens is 2. The molecule has 94 valence electrons. The third kappa shape index (κ3) is 3.27. The van der Waals surface area contributed by atoms with Gasteiger partial charge in [0, 0.05) is 24.5 Å². The number of thiazole rings is 1. The highest BCUT2D eigenvalue weighted by Crippen LogP contribution is 2.09. The number of hydrogen-bond acceptors (Lipinski definition) is 5. The molecule has 0 atom stereocenters. The van der Waals surface area contributed by atoms with Gasteiger partial charge in [-0.05, 0) is 13.0 Å². The number of carbonyl (C=O) groups is 1. The van der Waals surface area contributed by atoms with Gasteiger partial charge in [-0.1, -0.05) is 0 Å². The summed E-state index contributed by atoms with van der Waals surface area (Å²) in [6.07, 6.45) is 3.40. The van der Waals surface area contributed by atoms with Crippen molar-refractivity contribution < 1.29 is 9.90 Å². The van der Waals surface area contributed by atoms with Gasteiger partial charge in [-0.3, -0.25) is 9.78 Å². The molecular formula is C12H13N3O2S. The summed E-state index contributed by atoms with van der Waals surface area (Å²) < 4.78 is 0. The summed E-state index contributed by atoms with van der Waals surface area (Å²) in [5.74, 6) is -0.261. The van der Waals surface area contributed by atoms with Gasteiger partial charge >= 0.3 is 0 Å². The molecular weight excluding hydrogens is 250 g/mol. The predicted molar refractivity (Wildman–Crippen MR) is 68.8 cm³/mol. The summed E-state index contributed by atoms with van der Waals surface area (Å²) in [5, 5.41) is 15.0. The Morgan fingerprint density at radius 1 is 1.50 bits per heavy atom. The molecule has 0 fully saturated rings. The largest absolute Gasteiger partial charge is 0.506 e. The predicted octanol–water partition coefficient (Wildman–Crippen LogP) is 1.52. The van der Waals surface area contributed by atoms with Crippen LogP contribution in [0.25, 0.3) is 0 Å². The molecule has 0 spiro atoms. The van der Waals surface area contributed by atoms with Crippen LogP contribution in [0.4, 0.5) is 0 Å². The molecule has 0 bridgehead atoms. The Labute approximate surface area is 109 Å². The van der Waals surface area contributed by atoms with Gasteiger partial charge < -0.3 is 10.4 Å². The van der Waals surface area contributed by atoms with Crippen LogP contribution in [0.5, 0.6) is 5.75 Å². The lowest BCUT2D eigenvalue weighted by Gasteiger charge is -2.03. The van der Waals surface area contributed by atoms with Crippen molar-refractivity contribution in [2.75, 3.05) is 6.54 Å². The summed E-state index contributed by atoms with van der Waals surface area (Å²) in [6, 6.07) is 1.38. The number of aromatic hydroxyl groups is 1. The normalized spacial score (nSPS) is 10.3. The maximum absolute atomic E-state index is 11.7. The van der Waals surface area contributed by atoms with Crippen LogP contribution in [0.3, 0.4) is 0 Å². The quantitative estimate of drug-likeness (QED) is 0.877. The standard InChI is InChI=1S/C12H13N3O2S/c1-8-15-10(7-18-8)2-3-14-12(17)9-4-11(16)6-13-5-9/h4-7,16H,2-3H2,1H3,(H,14,17). The van der Waals surface area contributed by atoms with E-state index in [9.17, 15) is 9.90 Å². The average molecular weight is 263 g/mol. The van der Waals surface area contributed by atoms with Crippen LogP contribution in [0, 0.1) is 6.92 Å². The van der Waals surface area contributed by atoms with Crippen LogP contribution in [0.15, 0.2) is 23.8 Å². The van der Waals surface area contributed by atoms with E-state index in [4.69, 9.17) is 0 Å². The molecule has 2 aromatic rings. The number of hydrogen-bond donors (Lipinski definition) is 2. The molecule has 1 amide bonds. The van der Waals surface area contributed by atoms with E-state index in [2.05, 4.69) is 15.3 Å². The van der Waals surface area contributed by atoms with E-state index in [0.717, 1.165) is 10.7 Å². The van der Waals surface area contributed by atoms with Crippen molar-refractivity contribution in [3.63, 3.8) is 0 Å². The van der Waals surface area contributed by atoms with Gasteiger partial charge in [0.2, 0.25) is 0 Å². The van der Waals surface area contributed by atoms with Crippen molar-refractivity contribution in [3.05, 3.63) is 40.1 Å². The van der Waals surface area contributed by atoms with Crippen LogP contribution in [-0.4, -0.2) is 27.5 Å². The Morgan fingerprint density at radius 3 is 3.00 bits per heavy atom. The summed E-state index contributed by atoms with van der Waals surface area (Å²) in [4.78, 5) is 19.8. The van der Waals surface area contributed by atoms with Crippen molar-refractivity contribution in [2.24, 2.45) is 0 Å². The molecule has 0 aliphatic carbocycles. The third-order valence-electron chi connectivity index (χ3n) is 2.32. The van der Waals surface area contributed by atoms with Gasteiger partial charge in [-0.25, -0.2) is 4.98 Å². The van der Waals surface area contributed by atoms with Gasteiger partial charge in [-0.2, -0.15) is 0 Å². The van der Waals surface area contributed by atoms with E-state index in [1.807, 2.05) is 12.3 Å². The molecule has 2 rings (SSSR count). The zero-order valence-electron chi connectivity index (χ0n) is 9.88. The zero-order valence-corrected chi connectivity index (χ0v) is 10.7. The monoisotopic (exact) mass is 263 g/mol. The Balaban J connectivity index is 1.85. The van der Waals surface area contributed by atoms with Crippen LogP contribution in [0.1, 0.15) is 21.1 Å². The SMILES string of the molecule is Cc1nc(CCNC(=O)c2cncc(O)c2)cs1. The van der Waals surface area contributed by atoms with Crippen LogP contribution < -0.4 is 5.32 Å². The third-order valence-corrected chi connectivity index (χ3v) is 3.14. The fourth-order valence-electron chi connectivity index (χ4n) is 1.48. The summed E-state index contributed by atoms with van der Waals surface area (Å²) in [7, 11) is 0. The van der Waals surface area contributed by atoms with Gasteiger partial charge in [0.05, 0.1) is 22.5 Å². The highest BCUT2D eigenvalue weighted by atomic mass is 32.1. The number of aryl methyl sites for hydroxylation is 1. The first-order valence-corrected chi connectivity index (χ1v) is 6.36. The number of nitrogens with zero attached hydrogens (tertiary/aromatic N) is 2. The molecule has 0 aromatic carbocycles. The minimum absolute atomic E-state index is 0.0159. The van der Waals surface area contributed by atoms with Crippen LogP contribution in [-0.2, 0) is 6.42 Å². The van der Waals surface area contributed by atoms with E-state index in [0.29, 0.717) is 18.5 Å². The number of rotatable bonds is 4. The Morgan fingerprint density at radius 2 is 2.33 bits per heavy atom. The van der Waals surface area contributed by atoms with Crippen molar-refractivity contribution in [2.45, 2.75) is 13.3 Å². The van der Waals surface area contributed by atoms with E-state index >= 15 is 0 Å². The van der Waals surface area contributed by atoms with Gasteiger partial charge in [0.1, 0.15) is 5.75 Å². The second-order valence-corrected chi connectivity index (χ2v) is 4.86.